The molecule has 0 aromatic carbocycles. The Hall–Kier alpha value is -0.810. The highest BCUT2D eigenvalue weighted by atomic mass is 16.5. The SMILES string of the molecule is COC(C)(C)CNC(C)C(N)=NO. The standard InChI is InChI=1S/C8H19N3O2/c1-6(7(9)11-12)10-5-8(2,3)13-4/h6,10,12H,5H2,1-4H3,(H2,9,11). The normalized spacial score (nSPS) is 15.8. The number of hydrogen-bond acceptors (Lipinski definition) is 4. The first-order valence-electron chi connectivity index (χ1n) is 4.19. The van der Waals surface area contributed by atoms with Gasteiger partial charge in [-0.1, -0.05) is 5.16 Å². The predicted octanol–water partition coefficient (Wildman–Crippen LogP) is 0.136. The minimum Gasteiger partial charge on any atom is -0.409 e. The van der Waals surface area contributed by atoms with Gasteiger partial charge in [0.05, 0.1) is 11.6 Å². The lowest BCUT2D eigenvalue weighted by atomic mass is 10.1. The van der Waals surface area contributed by atoms with E-state index in [2.05, 4.69) is 10.5 Å². The summed E-state index contributed by atoms with van der Waals surface area (Å²) < 4.78 is 5.20. The van der Waals surface area contributed by atoms with E-state index in [1.165, 1.54) is 0 Å². The molecule has 0 saturated carbocycles. The van der Waals surface area contributed by atoms with Crippen LogP contribution in [0.2, 0.25) is 0 Å². The van der Waals surface area contributed by atoms with Crippen molar-refractivity contribution in [3.63, 3.8) is 0 Å². The van der Waals surface area contributed by atoms with Crippen LogP contribution < -0.4 is 11.1 Å². The minimum atomic E-state index is -0.246. The summed E-state index contributed by atoms with van der Waals surface area (Å²) in [4.78, 5) is 0. The maximum absolute atomic E-state index is 8.38. The average molecular weight is 189 g/mol. The van der Waals surface area contributed by atoms with E-state index in [-0.39, 0.29) is 17.5 Å². The molecule has 0 rings (SSSR count). The third-order valence-corrected chi connectivity index (χ3v) is 1.95. The smallest absolute Gasteiger partial charge is 0.156 e. The van der Waals surface area contributed by atoms with E-state index in [4.69, 9.17) is 15.7 Å². The number of nitrogens with one attached hydrogen (secondary N) is 1. The van der Waals surface area contributed by atoms with Crippen molar-refractivity contribution < 1.29 is 9.94 Å². The number of nitrogens with two attached hydrogens (primary N) is 1. The van der Waals surface area contributed by atoms with Crippen molar-refractivity contribution in [2.75, 3.05) is 13.7 Å². The number of hydrogen-bond donors (Lipinski definition) is 3. The van der Waals surface area contributed by atoms with Gasteiger partial charge < -0.3 is 21.0 Å². The van der Waals surface area contributed by atoms with E-state index in [0.29, 0.717) is 6.54 Å². The molecule has 5 nitrogen and oxygen atoms in total. The molecule has 0 fully saturated rings. The van der Waals surface area contributed by atoms with Crippen molar-refractivity contribution in [3.05, 3.63) is 0 Å². The number of ether oxygens (including phenoxy) is 1. The molecular weight excluding hydrogens is 170 g/mol. The summed E-state index contributed by atoms with van der Waals surface area (Å²) in [5.41, 5.74) is 5.14. The lowest BCUT2D eigenvalue weighted by Gasteiger charge is -2.25. The number of methoxy groups -OCH3 is 1. The van der Waals surface area contributed by atoms with Gasteiger partial charge in [-0.05, 0) is 20.8 Å². The first-order chi connectivity index (χ1) is 5.93. The zero-order chi connectivity index (χ0) is 10.5. The molecule has 0 aliphatic rings. The molecule has 5 heteroatoms. The fraction of sp³-hybridized carbons (Fsp3) is 0.875. The molecular formula is C8H19N3O2. The molecule has 0 bridgehead atoms. The fourth-order valence-electron chi connectivity index (χ4n) is 0.662. The Morgan fingerprint density at radius 2 is 2.23 bits per heavy atom. The first-order valence-corrected chi connectivity index (χ1v) is 4.19. The van der Waals surface area contributed by atoms with E-state index >= 15 is 0 Å². The zero-order valence-electron chi connectivity index (χ0n) is 8.66. The molecule has 13 heavy (non-hydrogen) atoms. The quantitative estimate of drug-likeness (QED) is 0.249. The van der Waals surface area contributed by atoms with Crippen molar-refractivity contribution >= 4 is 5.84 Å². The lowest BCUT2D eigenvalue weighted by Crippen LogP contribution is -2.46. The molecule has 78 valence electrons. The van der Waals surface area contributed by atoms with Gasteiger partial charge in [0, 0.05) is 13.7 Å². The molecule has 0 amide bonds. The summed E-state index contributed by atoms with van der Waals surface area (Å²) in [5, 5.41) is 14.4. The van der Waals surface area contributed by atoms with Gasteiger partial charge >= 0.3 is 0 Å². The number of nitrogens with zero attached hydrogens (tertiary/aromatic N) is 1. The van der Waals surface area contributed by atoms with Gasteiger partial charge in [-0.3, -0.25) is 0 Å². The van der Waals surface area contributed by atoms with Crippen molar-refractivity contribution in [1.82, 2.24) is 5.32 Å². The zero-order valence-corrected chi connectivity index (χ0v) is 8.66. The highest BCUT2D eigenvalue weighted by Crippen LogP contribution is 2.04. The third-order valence-electron chi connectivity index (χ3n) is 1.95. The Kier molecular flexibility index (Phi) is 4.72. The monoisotopic (exact) mass is 189 g/mol. The molecule has 1 atom stereocenters. The van der Waals surface area contributed by atoms with Crippen LogP contribution in [0.4, 0.5) is 0 Å². The predicted molar refractivity (Wildman–Crippen MR) is 52.0 cm³/mol. The van der Waals surface area contributed by atoms with Gasteiger partial charge in [0.1, 0.15) is 0 Å². The van der Waals surface area contributed by atoms with Crippen LogP contribution in [-0.2, 0) is 4.74 Å². The number of oxime groups is 1. The van der Waals surface area contributed by atoms with Crippen molar-refractivity contribution in [1.29, 1.82) is 0 Å². The largest absolute Gasteiger partial charge is 0.409 e. The van der Waals surface area contributed by atoms with Crippen LogP contribution in [0.25, 0.3) is 0 Å². The Morgan fingerprint density at radius 1 is 1.69 bits per heavy atom. The van der Waals surface area contributed by atoms with Crippen LogP contribution in [-0.4, -0.2) is 36.3 Å². The van der Waals surface area contributed by atoms with E-state index in [1.54, 1.807) is 7.11 Å². The van der Waals surface area contributed by atoms with Crippen molar-refractivity contribution in [2.45, 2.75) is 32.4 Å². The molecule has 0 aromatic rings. The number of rotatable bonds is 5. The van der Waals surface area contributed by atoms with Crippen LogP contribution in [0, 0.1) is 0 Å². The second-order valence-corrected chi connectivity index (χ2v) is 3.59. The van der Waals surface area contributed by atoms with Gasteiger partial charge in [-0.25, -0.2) is 0 Å². The first kappa shape index (κ1) is 12.2. The Balaban J connectivity index is 3.89. The number of amidine groups is 1. The van der Waals surface area contributed by atoms with E-state index in [0.717, 1.165) is 0 Å². The topological polar surface area (TPSA) is 79.9 Å². The van der Waals surface area contributed by atoms with Crippen molar-refractivity contribution in [2.24, 2.45) is 10.9 Å². The van der Waals surface area contributed by atoms with Crippen LogP contribution in [0.1, 0.15) is 20.8 Å². The van der Waals surface area contributed by atoms with Gasteiger partial charge in [0.2, 0.25) is 0 Å². The minimum absolute atomic E-state index is 0.153. The Bertz CT molecular complexity index is 180. The molecule has 0 aliphatic carbocycles. The Morgan fingerprint density at radius 3 is 2.62 bits per heavy atom. The van der Waals surface area contributed by atoms with Crippen LogP contribution >= 0.6 is 0 Å². The maximum atomic E-state index is 8.38. The third kappa shape index (κ3) is 4.69. The van der Waals surface area contributed by atoms with E-state index in [1.807, 2.05) is 20.8 Å². The molecule has 0 saturated heterocycles. The van der Waals surface area contributed by atoms with Gasteiger partial charge in [-0.2, -0.15) is 0 Å². The molecule has 4 N–H and O–H groups in total. The maximum Gasteiger partial charge on any atom is 0.156 e. The summed E-state index contributed by atoms with van der Waals surface area (Å²) in [6.07, 6.45) is 0. The summed E-state index contributed by atoms with van der Waals surface area (Å²) in [6, 6.07) is -0.153. The molecule has 0 spiro atoms. The highest BCUT2D eigenvalue weighted by Gasteiger charge is 2.18. The second-order valence-electron chi connectivity index (χ2n) is 3.59. The van der Waals surface area contributed by atoms with Crippen LogP contribution in [0.3, 0.4) is 0 Å². The Labute approximate surface area is 78.9 Å². The van der Waals surface area contributed by atoms with Crippen LogP contribution in [0.15, 0.2) is 5.16 Å². The van der Waals surface area contributed by atoms with Gasteiger partial charge in [-0.15, -0.1) is 0 Å². The molecule has 1 unspecified atom stereocenters. The van der Waals surface area contributed by atoms with E-state index < -0.39 is 0 Å². The molecule has 0 aliphatic heterocycles. The molecule has 0 radical (unpaired) electrons. The van der Waals surface area contributed by atoms with Gasteiger partial charge in [0.25, 0.3) is 0 Å². The molecule has 0 heterocycles. The summed E-state index contributed by atoms with van der Waals surface area (Å²) >= 11 is 0. The molecule has 0 aromatic heterocycles. The second kappa shape index (κ2) is 5.04. The van der Waals surface area contributed by atoms with Crippen molar-refractivity contribution in [3.8, 4) is 0 Å². The van der Waals surface area contributed by atoms with Gasteiger partial charge in [0.15, 0.2) is 5.84 Å². The lowest BCUT2D eigenvalue weighted by molar-refractivity contribution is 0.0227. The van der Waals surface area contributed by atoms with Crippen LogP contribution in [0.5, 0.6) is 0 Å². The highest BCUT2D eigenvalue weighted by molar-refractivity contribution is 5.84. The van der Waals surface area contributed by atoms with E-state index in [9.17, 15) is 0 Å². The average Bonchev–Trinajstić information content (AvgIpc) is 2.13. The summed E-state index contributed by atoms with van der Waals surface area (Å²) in [7, 11) is 1.65. The summed E-state index contributed by atoms with van der Waals surface area (Å²) in [5.74, 6) is 0.173. The summed E-state index contributed by atoms with van der Waals surface area (Å²) in [6.45, 7) is 6.37. The fourth-order valence-corrected chi connectivity index (χ4v) is 0.662.